The van der Waals surface area contributed by atoms with Crippen molar-refractivity contribution in [2.75, 3.05) is 34.5 Å². The van der Waals surface area contributed by atoms with Crippen molar-refractivity contribution in [3.63, 3.8) is 0 Å². The highest BCUT2D eigenvalue weighted by atomic mass is 16.5. The van der Waals surface area contributed by atoms with Crippen molar-refractivity contribution in [3.05, 3.63) is 24.8 Å². The Hall–Kier alpha value is -1.85. The van der Waals surface area contributed by atoms with E-state index in [1.165, 1.54) is 7.11 Å². The highest BCUT2D eigenvalue weighted by Gasteiger charge is 2.33. The van der Waals surface area contributed by atoms with E-state index in [2.05, 4.69) is 0 Å². The van der Waals surface area contributed by atoms with Gasteiger partial charge >= 0.3 is 5.97 Å². The lowest BCUT2D eigenvalue weighted by Gasteiger charge is -2.33. The lowest BCUT2D eigenvalue weighted by atomic mass is 10.4. The van der Waals surface area contributed by atoms with Crippen molar-refractivity contribution in [2.24, 2.45) is 0 Å². The van der Waals surface area contributed by atoms with Crippen molar-refractivity contribution >= 4 is 5.97 Å². The van der Waals surface area contributed by atoms with Gasteiger partial charge in [-0.05, 0) is 0 Å². The number of carbonyl (C=O) groups is 1. The molecule has 0 bridgehead atoms. The van der Waals surface area contributed by atoms with Gasteiger partial charge in [-0.3, -0.25) is 0 Å². The summed E-state index contributed by atoms with van der Waals surface area (Å²) >= 11 is 0. The number of nitrogens with zero attached hydrogens (tertiary/aromatic N) is 4. The number of rotatable bonds is 3. The fourth-order valence-electron chi connectivity index (χ4n) is 1.99. The van der Waals surface area contributed by atoms with E-state index in [4.69, 9.17) is 4.74 Å². The summed E-state index contributed by atoms with van der Waals surface area (Å²) in [6.07, 6.45) is 7.31. The van der Waals surface area contributed by atoms with Gasteiger partial charge in [0.15, 0.2) is 0 Å². The molecule has 0 saturated heterocycles. The molecule has 6 nitrogen and oxygen atoms in total. The minimum Gasteiger partial charge on any atom is -0.466 e. The van der Waals surface area contributed by atoms with Crippen LogP contribution in [0.4, 0.5) is 0 Å². The van der Waals surface area contributed by atoms with E-state index in [0.717, 1.165) is 0 Å². The molecule has 0 aromatic carbocycles. The molecule has 0 aromatic heterocycles. The third-order valence-electron chi connectivity index (χ3n) is 2.84. The minimum atomic E-state index is -0.401. The fourth-order valence-corrected chi connectivity index (χ4v) is 1.99. The van der Waals surface area contributed by atoms with Crippen molar-refractivity contribution in [1.82, 2.24) is 19.6 Å². The summed E-state index contributed by atoms with van der Waals surface area (Å²) in [6.45, 7) is 1.38. The summed E-state index contributed by atoms with van der Waals surface area (Å²) in [4.78, 5) is 19.8. The molecule has 6 heteroatoms. The highest BCUT2D eigenvalue weighted by molar-refractivity contribution is 5.75. The second-order valence-electron chi connectivity index (χ2n) is 4.32. The van der Waals surface area contributed by atoms with Gasteiger partial charge in [-0.25, -0.2) is 4.79 Å². The lowest BCUT2D eigenvalue weighted by molar-refractivity contribution is -0.152. The van der Waals surface area contributed by atoms with E-state index in [0.29, 0.717) is 13.3 Å². The summed E-state index contributed by atoms with van der Waals surface area (Å²) in [5, 5.41) is 0. The second kappa shape index (κ2) is 4.57. The van der Waals surface area contributed by atoms with Crippen LogP contribution >= 0.6 is 0 Å². The first-order valence-electron chi connectivity index (χ1n) is 5.48. The van der Waals surface area contributed by atoms with Crippen LogP contribution in [0.1, 0.15) is 0 Å². The standard InChI is InChI=1S/C11H18N4O2/c1-12-4-6-14(8-12)10(11(16)17-3)15-7-5-13(2)9-15/h4-7,10H,8-9H2,1-3H3. The molecular weight excluding hydrogens is 220 g/mol. The molecule has 0 aliphatic carbocycles. The maximum absolute atomic E-state index is 11.9. The van der Waals surface area contributed by atoms with Crippen molar-refractivity contribution in [1.29, 1.82) is 0 Å². The van der Waals surface area contributed by atoms with Gasteiger partial charge in [-0.1, -0.05) is 0 Å². The van der Waals surface area contributed by atoms with E-state index >= 15 is 0 Å². The Kier molecular flexibility index (Phi) is 3.12. The van der Waals surface area contributed by atoms with Crippen LogP contribution in [0.25, 0.3) is 0 Å². The molecule has 0 fully saturated rings. The second-order valence-corrected chi connectivity index (χ2v) is 4.32. The van der Waals surface area contributed by atoms with Crippen LogP contribution < -0.4 is 0 Å². The maximum atomic E-state index is 11.9. The number of carbonyl (C=O) groups excluding carboxylic acids is 1. The molecule has 0 saturated carbocycles. The smallest absolute Gasteiger partial charge is 0.349 e. The number of methoxy groups -OCH3 is 1. The number of hydrogen-bond donors (Lipinski definition) is 0. The van der Waals surface area contributed by atoms with Gasteiger partial charge in [0.25, 0.3) is 0 Å². The van der Waals surface area contributed by atoms with Gasteiger partial charge in [0.05, 0.1) is 20.4 Å². The zero-order valence-electron chi connectivity index (χ0n) is 10.4. The highest BCUT2D eigenvalue weighted by Crippen LogP contribution is 2.17. The summed E-state index contributed by atoms with van der Waals surface area (Å²) in [6, 6.07) is 0. The average molecular weight is 238 g/mol. The predicted molar refractivity (Wildman–Crippen MR) is 63.0 cm³/mol. The zero-order chi connectivity index (χ0) is 12.4. The van der Waals surface area contributed by atoms with Gasteiger partial charge in [0.2, 0.25) is 6.17 Å². The Morgan fingerprint density at radius 3 is 1.82 bits per heavy atom. The molecule has 2 heterocycles. The van der Waals surface area contributed by atoms with Gasteiger partial charge in [0, 0.05) is 38.9 Å². The Morgan fingerprint density at radius 2 is 1.53 bits per heavy atom. The summed E-state index contributed by atoms with van der Waals surface area (Å²) in [7, 11) is 5.36. The molecule has 2 aliphatic heterocycles. The Labute approximate surface area is 101 Å². The Bertz CT molecular complexity index is 329. The third-order valence-corrected chi connectivity index (χ3v) is 2.84. The third kappa shape index (κ3) is 2.30. The summed E-state index contributed by atoms with van der Waals surface area (Å²) < 4.78 is 4.88. The maximum Gasteiger partial charge on any atom is 0.349 e. The molecule has 0 atom stereocenters. The zero-order valence-corrected chi connectivity index (χ0v) is 10.4. The average Bonchev–Trinajstić information content (AvgIpc) is 2.89. The number of ether oxygens (including phenoxy) is 1. The summed E-state index contributed by atoms with van der Waals surface area (Å²) in [5.74, 6) is -0.245. The molecule has 17 heavy (non-hydrogen) atoms. The fraction of sp³-hybridized carbons (Fsp3) is 0.545. The van der Waals surface area contributed by atoms with E-state index in [1.54, 1.807) is 0 Å². The Balaban J connectivity index is 2.12. The molecule has 2 rings (SSSR count). The monoisotopic (exact) mass is 238 g/mol. The number of hydrogen-bond acceptors (Lipinski definition) is 6. The quantitative estimate of drug-likeness (QED) is 0.636. The first-order valence-corrected chi connectivity index (χ1v) is 5.48. The first-order chi connectivity index (χ1) is 8.11. The van der Waals surface area contributed by atoms with Gasteiger partial charge in [-0.15, -0.1) is 0 Å². The van der Waals surface area contributed by atoms with E-state index in [-0.39, 0.29) is 5.97 Å². The topological polar surface area (TPSA) is 39.3 Å². The first kappa shape index (κ1) is 11.6. The largest absolute Gasteiger partial charge is 0.466 e. The van der Waals surface area contributed by atoms with Crippen LogP contribution in [0.15, 0.2) is 24.8 Å². The van der Waals surface area contributed by atoms with Crippen LogP contribution in [0, 0.1) is 0 Å². The van der Waals surface area contributed by atoms with Crippen LogP contribution in [-0.4, -0.2) is 66.3 Å². The van der Waals surface area contributed by atoms with Crippen LogP contribution in [-0.2, 0) is 9.53 Å². The molecule has 0 radical (unpaired) electrons. The van der Waals surface area contributed by atoms with Crippen molar-refractivity contribution < 1.29 is 9.53 Å². The van der Waals surface area contributed by atoms with Crippen LogP contribution in [0.3, 0.4) is 0 Å². The molecule has 0 aromatic rings. The van der Waals surface area contributed by atoms with Gasteiger partial charge in [-0.2, -0.15) is 0 Å². The minimum absolute atomic E-state index is 0.245. The molecular formula is C11H18N4O2. The molecule has 0 unspecified atom stereocenters. The van der Waals surface area contributed by atoms with Crippen molar-refractivity contribution in [3.8, 4) is 0 Å². The van der Waals surface area contributed by atoms with E-state index in [1.807, 2.05) is 58.5 Å². The van der Waals surface area contributed by atoms with Gasteiger partial charge in [0.1, 0.15) is 0 Å². The molecule has 0 N–H and O–H groups in total. The summed E-state index contributed by atoms with van der Waals surface area (Å²) in [5.41, 5.74) is 0. The van der Waals surface area contributed by atoms with Crippen LogP contribution in [0.2, 0.25) is 0 Å². The molecule has 2 aliphatic rings. The van der Waals surface area contributed by atoms with Crippen LogP contribution in [0.5, 0.6) is 0 Å². The predicted octanol–water partition coefficient (Wildman–Crippen LogP) is -0.162. The Morgan fingerprint density at radius 1 is 1.06 bits per heavy atom. The van der Waals surface area contributed by atoms with Crippen molar-refractivity contribution in [2.45, 2.75) is 6.17 Å². The lowest BCUT2D eigenvalue weighted by Crippen LogP contribution is -2.50. The van der Waals surface area contributed by atoms with E-state index in [9.17, 15) is 4.79 Å². The van der Waals surface area contributed by atoms with E-state index < -0.39 is 6.17 Å². The normalized spacial score (nSPS) is 18.8. The molecule has 0 spiro atoms. The number of esters is 1. The van der Waals surface area contributed by atoms with Gasteiger partial charge < -0.3 is 24.3 Å². The SMILES string of the molecule is COC(=O)C(N1C=CN(C)C1)N1C=CN(C)C1. The molecule has 94 valence electrons. The molecule has 0 amide bonds.